The molecule has 1 amide bonds. The number of ether oxygens (including phenoxy) is 2. The first-order valence-electron chi connectivity index (χ1n) is 14.4. The number of fused-ring (bicyclic) bond motifs is 4. The molecule has 9 heteroatoms. The van der Waals surface area contributed by atoms with Crippen molar-refractivity contribution in [1.29, 1.82) is 0 Å². The van der Waals surface area contributed by atoms with Gasteiger partial charge >= 0.3 is 19.2 Å². The van der Waals surface area contributed by atoms with Crippen LogP contribution in [0.15, 0.2) is 78.4 Å². The normalized spacial score (nSPS) is 17.0. The van der Waals surface area contributed by atoms with Crippen molar-refractivity contribution >= 4 is 36.2 Å². The van der Waals surface area contributed by atoms with Gasteiger partial charge in [-0.3, -0.25) is 0 Å². The molecule has 3 aromatic carbocycles. The first-order valence-corrected chi connectivity index (χ1v) is 14.4. The second-order valence-corrected chi connectivity index (χ2v) is 12.0. The Balaban J connectivity index is 1.22. The summed E-state index contributed by atoms with van der Waals surface area (Å²) >= 11 is 0. The van der Waals surface area contributed by atoms with Crippen LogP contribution in [0, 0.1) is 0 Å². The Labute approximate surface area is 251 Å². The number of rotatable bonds is 7. The molecule has 2 aliphatic rings. The Bertz CT molecular complexity index is 1680. The number of methoxy groups -OCH3 is 1. The molecule has 1 aliphatic heterocycles. The molecule has 0 bridgehead atoms. The zero-order valence-corrected chi connectivity index (χ0v) is 25.0. The van der Waals surface area contributed by atoms with E-state index in [1.807, 2.05) is 76.2 Å². The van der Waals surface area contributed by atoms with Gasteiger partial charge in [0.05, 0.1) is 23.9 Å². The summed E-state index contributed by atoms with van der Waals surface area (Å²) in [5.74, 6) is -0.455. The van der Waals surface area contributed by atoms with E-state index in [1.54, 1.807) is 6.20 Å². The van der Waals surface area contributed by atoms with Crippen molar-refractivity contribution in [3.63, 3.8) is 0 Å². The lowest BCUT2D eigenvalue weighted by Crippen LogP contribution is -2.41. The largest absolute Gasteiger partial charge is 0.492 e. The fourth-order valence-electron chi connectivity index (χ4n) is 5.74. The number of esters is 1. The van der Waals surface area contributed by atoms with Gasteiger partial charge < -0.3 is 29.1 Å². The zero-order chi connectivity index (χ0) is 30.4. The van der Waals surface area contributed by atoms with Crippen molar-refractivity contribution in [3.8, 4) is 11.1 Å². The first kappa shape index (κ1) is 28.8. The molecule has 0 radical (unpaired) electrons. The highest BCUT2D eigenvalue weighted by Gasteiger charge is 2.52. The van der Waals surface area contributed by atoms with Gasteiger partial charge in [0.2, 0.25) is 0 Å². The molecule has 8 nitrogen and oxygen atoms in total. The number of hydrogen-bond donors (Lipinski definition) is 2. The summed E-state index contributed by atoms with van der Waals surface area (Å²) in [6.07, 6.45) is 3.02. The van der Waals surface area contributed by atoms with Crippen LogP contribution < -0.4 is 5.32 Å². The van der Waals surface area contributed by atoms with Crippen molar-refractivity contribution in [2.24, 2.45) is 0 Å². The lowest BCUT2D eigenvalue weighted by atomic mass is 9.77. The maximum absolute atomic E-state index is 13.0. The lowest BCUT2D eigenvalue weighted by Gasteiger charge is -2.32. The van der Waals surface area contributed by atoms with Crippen LogP contribution in [-0.4, -0.2) is 55.6 Å². The summed E-state index contributed by atoms with van der Waals surface area (Å²) in [5, 5.41) is 3.64. The molecule has 4 aromatic rings. The summed E-state index contributed by atoms with van der Waals surface area (Å²) in [6, 6.07) is 22.2. The summed E-state index contributed by atoms with van der Waals surface area (Å²) < 4.78 is 23.4. The topological polar surface area (TPSA) is 98.9 Å². The predicted molar refractivity (Wildman–Crippen MR) is 167 cm³/mol. The minimum absolute atomic E-state index is 0.0339. The fraction of sp³-hybridized carbons (Fsp3) is 0.294. The molecule has 0 unspecified atom stereocenters. The van der Waals surface area contributed by atoms with Crippen LogP contribution in [0.5, 0.6) is 0 Å². The number of aromatic amines is 1. The maximum atomic E-state index is 13.0. The molecule has 1 saturated heterocycles. The number of nitrogens with one attached hydrogen (secondary N) is 2. The number of carbonyl (C=O) groups is 2. The van der Waals surface area contributed by atoms with E-state index in [-0.39, 0.29) is 19.1 Å². The third-order valence-electron chi connectivity index (χ3n) is 8.80. The van der Waals surface area contributed by atoms with Crippen molar-refractivity contribution in [3.05, 3.63) is 101 Å². The highest BCUT2D eigenvalue weighted by molar-refractivity contribution is 6.56. The molecule has 1 aliphatic carbocycles. The van der Waals surface area contributed by atoms with Gasteiger partial charge in [-0.15, -0.1) is 0 Å². The second-order valence-electron chi connectivity index (χ2n) is 12.0. The Morgan fingerprint density at radius 3 is 2.21 bits per heavy atom. The van der Waals surface area contributed by atoms with Crippen LogP contribution in [0.4, 0.5) is 4.79 Å². The molecule has 220 valence electrons. The van der Waals surface area contributed by atoms with E-state index in [1.165, 1.54) is 18.2 Å². The Kier molecular flexibility index (Phi) is 7.40. The monoisotopic (exact) mass is 578 g/mol. The second kappa shape index (κ2) is 11.1. The molecule has 0 spiro atoms. The smallest absolute Gasteiger partial charge is 0.465 e. The summed E-state index contributed by atoms with van der Waals surface area (Å²) in [6.45, 7) is 8.30. The molecule has 6 rings (SSSR count). The van der Waals surface area contributed by atoms with Crippen molar-refractivity contribution in [2.75, 3.05) is 20.3 Å². The van der Waals surface area contributed by atoms with Gasteiger partial charge in [-0.05, 0) is 73.1 Å². The highest BCUT2D eigenvalue weighted by Crippen LogP contribution is 2.44. The first-order chi connectivity index (χ1) is 20.6. The third kappa shape index (κ3) is 5.35. The quantitative estimate of drug-likeness (QED) is 0.192. The maximum Gasteiger partial charge on any atom is 0.492 e. The van der Waals surface area contributed by atoms with Crippen molar-refractivity contribution in [1.82, 2.24) is 10.3 Å². The molecule has 2 heterocycles. The van der Waals surface area contributed by atoms with Crippen LogP contribution in [-0.2, 0) is 18.8 Å². The molecule has 2 N–H and O–H groups in total. The Morgan fingerprint density at radius 2 is 1.58 bits per heavy atom. The Hall–Kier alpha value is -4.34. The highest BCUT2D eigenvalue weighted by atomic mass is 16.7. The Morgan fingerprint density at radius 1 is 0.953 bits per heavy atom. The van der Waals surface area contributed by atoms with E-state index >= 15 is 0 Å². The SMILES string of the molecule is COC(=O)c1c[nH]c2ccc(C=C(CNC(=O)OCC3c4ccccc4-c4ccccc43)B3OC(C)(C)C(C)(C)O3)cc12. The predicted octanol–water partition coefficient (Wildman–Crippen LogP) is 6.51. The summed E-state index contributed by atoms with van der Waals surface area (Å²) in [7, 11) is 0.664. The number of aromatic nitrogens is 1. The zero-order valence-electron chi connectivity index (χ0n) is 25.0. The van der Waals surface area contributed by atoms with Gasteiger partial charge in [-0.25, -0.2) is 9.59 Å². The number of amides is 1. The number of carbonyl (C=O) groups excluding carboxylic acids is 2. The number of benzene rings is 3. The lowest BCUT2D eigenvalue weighted by molar-refractivity contribution is 0.00578. The van der Waals surface area contributed by atoms with E-state index in [0.29, 0.717) is 11.0 Å². The van der Waals surface area contributed by atoms with Crippen LogP contribution in [0.3, 0.4) is 0 Å². The summed E-state index contributed by atoms with van der Waals surface area (Å²) in [5.41, 5.74) is 6.31. The molecule has 0 atom stereocenters. The number of hydrogen-bond acceptors (Lipinski definition) is 6. The van der Waals surface area contributed by atoms with E-state index in [0.717, 1.165) is 27.6 Å². The molecular formula is C34H35BN2O6. The van der Waals surface area contributed by atoms with Gasteiger partial charge in [0.25, 0.3) is 0 Å². The van der Waals surface area contributed by atoms with Crippen LogP contribution in [0.25, 0.3) is 28.1 Å². The molecule has 43 heavy (non-hydrogen) atoms. The van der Waals surface area contributed by atoms with Gasteiger partial charge in [-0.1, -0.05) is 60.7 Å². The van der Waals surface area contributed by atoms with Gasteiger partial charge in [0.15, 0.2) is 0 Å². The molecular weight excluding hydrogens is 543 g/mol. The van der Waals surface area contributed by atoms with Crippen molar-refractivity contribution < 1.29 is 28.4 Å². The minimum atomic E-state index is -0.694. The summed E-state index contributed by atoms with van der Waals surface area (Å²) in [4.78, 5) is 28.4. The van der Waals surface area contributed by atoms with Crippen LogP contribution in [0.1, 0.15) is 60.7 Å². The minimum Gasteiger partial charge on any atom is -0.465 e. The van der Waals surface area contributed by atoms with Crippen LogP contribution in [0.2, 0.25) is 0 Å². The number of alkyl carbamates (subject to hydrolysis) is 1. The fourth-order valence-corrected chi connectivity index (χ4v) is 5.74. The number of H-pyrrole nitrogens is 1. The van der Waals surface area contributed by atoms with Crippen molar-refractivity contribution in [2.45, 2.75) is 44.8 Å². The molecule has 1 aromatic heterocycles. The van der Waals surface area contributed by atoms with E-state index < -0.39 is 30.4 Å². The molecule has 0 saturated carbocycles. The standard InChI is InChI=1S/C34H35BN2O6/c1-33(2)34(3,4)43-35(42-33)22(16-21-14-15-30-27(17-21)28(19-36-30)31(38)40-5)18-37-32(39)41-20-29-25-12-8-6-10-23(25)24-11-7-9-13-26(24)29/h6-17,19,29,36H,18,20H2,1-5H3,(H,37,39). The van der Waals surface area contributed by atoms with E-state index in [2.05, 4.69) is 34.6 Å². The van der Waals surface area contributed by atoms with E-state index in [9.17, 15) is 9.59 Å². The average molecular weight is 578 g/mol. The van der Waals surface area contributed by atoms with Gasteiger partial charge in [0.1, 0.15) is 6.61 Å². The average Bonchev–Trinajstić information content (AvgIpc) is 3.62. The van der Waals surface area contributed by atoms with E-state index in [4.69, 9.17) is 18.8 Å². The molecule has 1 fully saturated rings. The third-order valence-corrected chi connectivity index (χ3v) is 8.80. The van der Waals surface area contributed by atoms with Gasteiger partial charge in [0, 0.05) is 29.6 Å². The van der Waals surface area contributed by atoms with Crippen LogP contribution >= 0.6 is 0 Å². The van der Waals surface area contributed by atoms with Gasteiger partial charge in [-0.2, -0.15) is 0 Å².